The predicted molar refractivity (Wildman–Crippen MR) is 134 cm³/mol. The van der Waals surface area contributed by atoms with Crippen LogP contribution >= 0.6 is 11.3 Å². The number of aromatic nitrogens is 1. The molecule has 0 fully saturated rings. The SMILES string of the molecule is O=C(Nc1cccc(-c2ccccc2NC(=O)c2cc3ccccc3s2)c1)c1ccncc1. The van der Waals surface area contributed by atoms with Gasteiger partial charge in [-0.15, -0.1) is 11.3 Å². The number of thiophene rings is 1. The summed E-state index contributed by atoms with van der Waals surface area (Å²) in [5.41, 5.74) is 3.66. The van der Waals surface area contributed by atoms with Crippen LogP contribution in [-0.2, 0) is 0 Å². The predicted octanol–water partition coefficient (Wildman–Crippen LogP) is 6.47. The van der Waals surface area contributed by atoms with Crippen molar-refractivity contribution in [2.24, 2.45) is 0 Å². The van der Waals surface area contributed by atoms with Crippen LogP contribution in [0.2, 0.25) is 0 Å². The van der Waals surface area contributed by atoms with Gasteiger partial charge in [0.15, 0.2) is 0 Å². The average molecular weight is 450 g/mol. The maximum absolute atomic E-state index is 13.0. The number of anilines is 2. The summed E-state index contributed by atoms with van der Waals surface area (Å²) in [5.74, 6) is -0.355. The zero-order chi connectivity index (χ0) is 22.6. The molecular weight excluding hydrogens is 430 g/mol. The fourth-order valence-corrected chi connectivity index (χ4v) is 4.55. The van der Waals surface area contributed by atoms with Crippen molar-refractivity contribution in [2.75, 3.05) is 10.6 Å². The van der Waals surface area contributed by atoms with Crippen molar-refractivity contribution < 1.29 is 9.59 Å². The Bertz CT molecular complexity index is 1430. The Morgan fingerprint density at radius 3 is 2.36 bits per heavy atom. The first-order valence-electron chi connectivity index (χ1n) is 10.4. The number of rotatable bonds is 5. The highest BCUT2D eigenvalue weighted by atomic mass is 32.1. The van der Waals surface area contributed by atoms with Crippen LogP contribution in [0.15, 0.2) is 103 Å². The van der Waals surface area contributed by atoms with Gasteiger partial charge >= 0.3 is 0 Å². The third kappa shape index (κ3) is 4.51. The van der Waals surface area contributed by atoms with Crippen LogP contribution in [0.1, 0.15) is 20.0 Å². The van der Waals surface area contributed by atoms with Gasteiger partial charge in [0.2, 0.25) is 0 Å². The molecule has 0 radical (unpaired) electrons. The summed E-state index contributed by atoms with van der Waals surface area (Å²) in [6, 6.07) is 28.4. The number of hydrogen-bond acceptors (Lipinski definition) is 4. The van der Waals surface area contributed by atoms with Gasteiger partial charge in [-0.05, 0) is 53.4 Å². The van der Waals surface area contributed by atoms with E-state index in [1.165, 1.54) is 11.3 Å². The molecule has 5 rings (SSSR count). The number of hydrogen-bond donors (Lipinski definition) is 2. The number of nitrogens with zero attached hydrogens (tertiary/aromatic N) is 1. The molecular formula is C27H19N3O2S. The molecule has 5 nitrogen and oxygen atoms in total. The molecule has 0 aliphatic rings. The van der Waals surface area contributed by atoms with Gasteiger partial charge in [-0.25, -0.2) is 0 Å². The molecule has 3 aromatic carbocycles. The Morgan fingerprint density at radius 1 is 0.727 bits per heavy atom. The lowest BCUT2D eigenvalue weighted by molar-refractivity contribution is 0.102. The van der Waals surface area contributed by atoms with Crippen molar-refractivity contribution in [3.8, 4) is 11.1 Å². The van der Waals surface area contributed by atoms with E-state index in [0.717, 1.165) is 21.2 Å². The number of para-hydroxylation sites is 1. The molecule has 6 heteroatoms. The zero-order valence-electron chi connectivity index (χ0n) is 17.5. The van der Waals surface area contributed by atoms with Gasteiger partial charge in [0.25, 0.3) is 11.8 Å². The number of nitrogens with one attached hydrogen (secondary N) is 2. The summed E-state index contributed by atoms with van der Waals surface area (Å²) in [5, 5.41) is 7.02. The van der Waals surface area contributed by atoms with Crippen molar-refractivity contribution in [3.05, 3.63) is 114 Å². The van der Waals surface area contributed by atoms with E-state index in [1.807, 2.05) is 78.9 Å². The minimum Gasteiger partial charge on any atom is -0.322 e. The largest absolute Gasteiger partial charge is 0.322 e. The number of benzene rings is 3. The van der Waals surface area contributed by atoms with Crippen LogP contribution in [0.3, 0.4) is 0 Å². The highest BCUT2D eigenvalue weighted by molar-refractivity contribution is 7.20. The Kier molecular flexibility index (Phi) is 5.66. The molecule has 5 aromatic rings. The van der Waals surface area contributed by atoms with E-state index < -0.39 is 0 Å². The summed E-state index contributed by atoms with van der Waals surface area (Å²) in [7, 11) is 0. The van der Waals surface area contributed by atoms with Crippen LogP contribution in [0.4, 0.5) is 11.4 Å². The van der Waals surface area contributed by atoms with E-state index in [4.69, 9.17) is 0 Å². The van der Waals surface area contributed by atoms with Crippen molar-refractivity contribution >= 4 is 44.6 Å². The van der Waals surface area contributed by atoms with Crippen molar-refractivity contribution in [1.82, 2.24) is 4.98 Å². The average Bonchev–Trinajstić information content (AvgIpc) is 3.30. The number of carbonyl (C=O) groups is 2. The summed E-state index contributed by atoms with van der Waals surface area (Å²) in [4.78, 5) is 30.1. The molecule has 0 spiro atoms. The van der Waals surface area contributed by atoms with Gasteiger partial charge in [-0.1, -0.05) is 48.5 Å². The molecule has 33 heavy (non-hydrogen) atoms. The number of pyridine rings is 1. The van der Waals surface area contributed by atoms with Crippen molar-refractivity contribution in [2.45, 2.75) is 0 Å². The lowest BCUT2D eigenvalue weighted by Crippen LogP contribution is -2.12. The molecule has 0 saturated carbocycles. The second-order valence-corrected chi connectivity index (χ2v) is 8.50. The Hall–Kier alpha value is -4.29. The van der Waals surface area contributed by atoms with Gasteiger partial charge in [0.1, 0.15) is 0 Å². The number of carbonyl (C=O) groups excluding carboxylic acids is 2. The van der Waals surface area contributed by atoms with Crippen LogP contribution in [0.25, 0.3) is 21.2 Å². The zero-order valence-corrected chi connectivity index (χ0v) is 18.3. The fourth-order valence-electron chi connectivity index (χ4n) is 3.59. The lowest BCUT2D eigenvalue weighted by atomic mass is 10.0. The Balaban J connectivity index is 1.40. The van der Waals surface area contributed by atoms with Gasteiger partial charge in [-0.2, -0.15) is 0 Å². The maximum atomic E-state index is 13.0. The third-order valence-electron chi connectivity index (χ3n) is 5.20. The van der Waals surface area contributed by atoms with Crippen molar-refractivity contribution in [3.63, 3.8) is 0 Å². The number of fused-ring (bicyclic) bond motifs is 1. The highest BCUT2D eigenvalue weighted by Crippen LogP contribution is 2.31. The van der Waals surface area contributed by atoms with E-state index in [9.17, 15) is 9.59 Å². The highest BCUT2D eigenvalue weighted by Gasteiger charge is 2.14. The monoisotopic (exact) mass is 449 g/mol. The van der Waals surface area contributed by atoms with E-state index in [2.05, 4.69) is 15.6 Å². The molecule has 0 unspecified atom stereocenters. The summed E-state index contributed by atoms with van der Waals surface area (Å²) in [6.07, 6.45) is 3.17. The first kappa shape index (κ1) is 20.6. The molecule has 2 heterocycles. The van der Waals surface area contributed by atoms with Gasteiger partial charge in [0, 0.05) is 39.6 Å². The summed E-state index contributed by atoms with van der Waals surface area (Å²) in [6.45, 7) is 0. The Labute approximate surface area is 194 Å². The van der Waals surface area contributed by atoms with Gasteiger partial charge in [-0.3, -0.25) is 14.6 Å². The summed E-state index contributed by atoms with van der Waals surface area (Å²) < 4.78 is 1.08. The Morgan fingerprint density at radius 2 is 1.52 bits per heavy atom. The molecule has 0 bridgehead atoms. The molecule has 0 atom stereocenters. The lowest BCUT2D eigenvalue weighted by Gasteiger charge is -2.12. The molecule has 160 valence electrons. The van der Waals surface area contributed by atoms with Crippen molar-refractivity contribution in [1.29, 1.82) is 0 Å². The maximum Gasteiger partial charge on any atom is 0.265 e. The topological polar surface area (TPSA) is 71.1 Å². The minimum absolute atomic E-state index is 0.147. The molecule has 2 aromatic heterocycles. The second kappa shape index (κ2) is 9.06. The van der Waals surface area contributed by atoms with E-state index in [0.29, 0.717) is 21.8 Å². The normalized spacial score (nSPS) is 10.7. The third-order valence-corrected chi connectivity index (χ3v) is 6.31. The molecule has 0 aliphatic carbocycles. The van der Waals surface area contributed by atoms with Crippen LogP contribution in [0, 0.1) is 0 Å². The van der Waals surface area contributed by atoms with E-state index in [1.54, 1.807) is 24.5 Å². The van der Waals surface area contributed by atoms with Gasteiger partial charge < -0.3 is 10.6 Å². The smallest absolute Gasteiger partial charge is 0.265 e. The van der Waals surface area contributed by atoms with E-state index >= 15 is 0 Å². The first-order chi connectivity index (χ1) is 16.2. The quantitative estimate of drug-likeness (QED) is 0.323. The fraction of sp³-hybridized carbons (Fsp3) is 0. The van der Waals surface area contributed by atoms with Crippen LogP contribution < -0.4 is 10.6 Å². The molecule has 0 saturated heterocycles. The number of amides is 2. The molecule has 2 amide bonds. The molecule has 0 aliphatic heterocycles. The van der Waals surface area contributed by atoms with Crippen LogP contribution in [0.5, 0.6) is 0 Å². The van der Waals surface area contributed by atoms with E-state index in [-0.39, 0.29) is 11.8 Å². The van der Waals surface area contributed by atoms with Gasteiger partial charge in [0.05, 0.1) is 4.88 Å². The second-order valence-electron chi connectivity index (χ2n) is 7.42. The van der Waals surface area contributed by atoms with Crippen LogP contribution in [-0.4, -0.2) is 16.8 Å². The standard InChI is InChI=1S/C27H19N3O2S/c31-26(18-12-14-28-15-13-18)29-21-8-5-7-19(16-21)22-9-2-3-10-23(22)30-27(32)25-17-20-6-1-4-11-24(20)33-25/h1-17H,(H,29,31)(H,30,32). The summed E-state index contributed by atoms with van der Waals surface area (Å²) >= 11 is 1.47. The first-order valence-corrected chi connectivity index (χ1v) is 11.2. The molecule has 2 N–H and O–H groups in total. The minimum atomic E-state index is -0.208.